The lowest BCUT2D eigenvalue weighted by Gasteiger charge is -2.28. The van der Waals surface area contributed by atoms with E-state index in [0.29, 0.717) is 5.92 Å². The minimum atomic E-state index is -0.140. The Kier molecular flexibility index (Phi) is 4.27. The summed E-state index contributed by atoms with van der Waals surface area (Å²) in [5, 5.41) is 13.6. The molecule has 1 saturated carbocycles. The van der Waals surface area contributed by atoms with Crippen molar-refractivity contribution in [1.29, 1.82) is 0 Å². The van der Waals surface area contributed by atoms with Gasteiger partial charge in [-0.1, -0.05) is 25.0 Å². The normalized spacial score (nSPS) is 24.3. The predicted molar refractivity (Wildman–Crippen MR) is 85.1 cm³/mol. The molecule has 2 N–H and O–H groups in total. The average molecular weight is 287 g/mol. The second kappa shape index (κ2) is 6.16. The quantitative estimate of drug-likeness (QED) is 0.909. The standard InChI is InChI=1S/C17H25N3O/c1-12(18-11-13-7-3-6-10-16(13)21)17-19-14-8-4-5-9-15(14)20(17)2/h4-5,8-9,12-13,16,18,21H,3,6-7,10-11H2,1-2H3. The van der Waals surface area contributed by atoms with E-state index < -0.39 is 0 Å². The minimum absolute atomic E-state index is 0.140. The van der Waals surface area contributed by atoms with E-state index in [1.807, 2.05) is 12.1 Å². The van der Waals surface area contributed by atoms with Gasteiger partial charge >= 0.3 is 0 Å². The lowest BCUT2D eigenvalue weighted by Crippen LogP contribution is -2.35. The van der Waals surface area contributed by atoms with Crippen molar-refractivity contribution in [3.63, 3.8) is 0 Å². The summed E-state index contributed by atoms with van der Waals surface area (Å²) in [6.07, 6.45) is 4.34. The molecule has 0 bridgehead atoms. The maximum absolute atomic E-state index is 10.1. The van der Waals surface area contributed by atoms with Crippen LogP contribution in [0, 0.1) is 5.92 Å². The molecule has 0 spiro atoms. The summed E-state index contributed by atoms with van der Waals surface area (Å²) in [5.74, 6) is 1.44. The lowest BCUT2D eigenvalue weighted by atomic mass is 9.86. The summed E-state index contributed by atoms with van der Waals surface area (Å²) in [5.41, 5.74) is 2.21. The largest absolute Gasteiger partial charge is 0.393 e. The van der Waals surface area contributed by atoms with E-state index in [1.54, 1.807) is 0 Å². The number of aryl methyl sites for hydroxylation is 1. The molecule has 1 aliphatic carbocycles. The molecule has 4 nitrogen and oxygen atoms in total. The zero-order valence-electron chi connectivity index (χ0n) is 12.9. The van der Waals surface area contributed by atoms with Crippen molar-refractivity contribution in [1.82, 2.24) is 14.9 Å². The Labute approximate surface area is 126 Å². The number of benzene rings is 1. The number of rotatable bonds is 4. The van der Waals surface area contributed by atoms with Gasteiger partial charge in [0.1, 0.15) is 5.82 Å². The van der Waals surface area contributed by atoms with Crippen molar-refractivity contribution in [3.05, 3.63) is 30.1 Å². The molecule has 1 aliphatic rings. The zero-order chi connectivity index (χ0) is 14.8. The summed E-state index contributed by atoms with van der Waals surface area (Å²) in [6.45, 7) is 3.02. The summed E-state index contributed by atoms with van der Waals surface area (Å²) in [7, 11) is 2.07. The van der Waals surface area contributed by atoms with Crippen LogP contribution in [0.4, 0.5) is 0 Å². The average Bonchev–Trinajstić information content (AvgIpc) is 2.84. The van der Waals surface area contributed by atoms with Gasteiger partial charge in [0.25, 0.3) is 0 Å². The maximum atomic E-state index is 10.1. The summed E-state index contributed by atoms with van der Waals surface area (Å²) < 4.78 is 2.16. The first-order valence-electron chi connectivity index (χ1n) is 7.99. The van der Waals surface area contributed by atoms with Gasteiger partial charge in [0, 0.05) is 13.6 Å². The van der Waals surface area contributed by atoms with Crippen LogP contribution in [0.15, 0.2) is 24.3 Å². The number of imidazole rings is 1. The first kappa shape index (κ1) is 14.5. The second-order valence-electron chi connectivity index (χ2n) is 6.26. The van der Waals surface area contributed by atoms with Crippen molar-refractivity contribution >= 4 is 11.0 Å². The number of nitrogens with one attached hydrogen (secondary N) is 1. The van der Waals surface area contributed by atoms with E-state index in [4.69, 9.17) is 4.98 Å². The Morgan fingerprint density at radius 3 is 2.86 bits per heavy atom. The third-order valence-corrected chi connectivity index (χ3v) is 4.76. The lowest BCUT2D eigenvalue weighted by molar-refractivity contribution is 0.0682. The van der Waals surface area contributed by atoms with Crippen molar-refractivity contribution in [2.24, 2.45) is 13.0 Å². The molecule has 1 aromatic heterocycles. The van der Waals surface area contributed by atoms with E-state index in [9.17, 15) is 5.11 Å². The summed E-state index contributed by atoms with van der Waals surface area (Å²) in [4.78, 5) is 4.73. The van der Waals surface area contributed by atoms with Gasteiger partial charge < -0.3 is 15.0 Å². The molecule has 114 valence electrons. The highest BCUT2D eigenvalue weighted by Gasteiger charge is 2.24. The minimum Gasteiger partial charge on any atom is -0.393 e. The first-order chi connectivity index (χ1) is 10.2. The van der Waals surface area contributed by atoms with E-state index in [-0.39, 0.29) is 12.1 Å². The van der Waals surface area contributed by atoms with Crippen LogP contribution in [-0.2, 0) is 7.05 Å². The fourth-order valence-corrected chi connectivity index (χ4v) is 3.40. The number of para-hydroxylation sites is 2. The third kappa shape index (κ3) is 2.97. The van der Waals surface area contributed by atoms with Gasteiger partial charge in [-0.2, -0.15) is 0 Å². The van der Waals surface area contributed by atoms with Crippen molar-refractivity contribution in [3.8, 4) is 0 Å². The van der Waals surface area contributed by atoms with E-state index in [2.05, 4.69) is 36.0 Å². The fourth-order valence-electron chi connectivity index (χ4n) is 3.40. The molecule has 1 aromatic carbocycles. The molecule has 1 fully saturated rings. The molecule has 0 saturated heterocycles. The highest BCUT2D eigenvalue weighted by atomic mass is 16.3. The van der Waals surface area contributed by atoms with E-state index >= 15 is 0 Å². The van der Waals surface area contributed by atoms with Crippen LogP contribution < -0.4 is 5.32 Å². The van der Waals surface area contributed by atoms with Crippen LogP contribution in [0.2, 0.25) is 0 Å². The molecule has 21 heavy (non-hydrogen) atoms. The molecule has 3 atom stereocenters. The fraction of sp³-hybridized carbons (Fsp3) is 0.588. The number of hydrogen-bond donors (Lipinski definition) is 2. The van der Waals surface area contributed by atoms with Crippen LogP contribution >= 0.6 is 0 Å². The summed E-state index contributed by atoms with van der Waals surface area (Å²) in [6, 6.07) is 8.41. The highest BCUT2D eigenvalue weighted by Crippen LogP contribution is 2.25. The van der Waals surface area contributed by atoms with Crippen molar-refractivity contribution in [2.45, 2.75) is 44.8 Å². The number of nitrogens with zero attached hydrogens (tertiary/aromatic N) is 2. The molecule has 3 rings (SSSR count). The van der Waals surface area contributed by atoms with Gasteiger partial charge in [0.05, 0.1) is 23.2 Å². The van der Waals surface area contributed by atoms with E-state index in [0.717, 1.165) is 37.1 Å². The smallest absolute Gasteiger partial charge is 0.126 e. The van der Waals surface area contributed by atoms with Gasteiger partial charge in [-0.25, -0.2) is 4.98 Å². The molecule has 0 aliphatic heterocycles. The topological polar surface area (TPSA) is 50.1 Å². The highest BCUT2D eigenvalue weighted by molar-refractivity contribution is 5.75. The SMILES string of the molecule is CC(NCC1CCCCC1O)c1nc2ccccc2n1C. The Hall–Kier alpha value is -1.39. The number of aromatic nitrogens is 2. The Morgan fingerprint density at radius 1 is 1.33 bits per heavy atom. The monoisotopic (exact) mass is 287 g/mol. The van der Waals surface area contributed by atoms with E-state index in [1.165, 1.54) is 11.9 Å². The molecule has 1 heterocycles. The van der Waals surface area contributed by atoms with Crippen LogP contribution in [0.25, 0.3) is 11.0 Å². The predicted octanol–water partition coefficient (Wildman–Crippen LogP) is 2.78. The first-order valence-corrected chi connectivity index (χ1v) is 7.99. The molecule has 3 unspecified atom stereocenters. The van der Waals surface area contributed by atoms with Gasteiger partial charge in [0.15, 0.2) is 0 Å². The molecular formula is C17H25N3O. The molecule has 4 heteroatoms. The van der Waals surface area contributed by atoms with Crippen LogP contribution in [0.5, 0.6) is 0 Å². The third-order valence-electron chi connectivity index (χ3n) is 4.76. The van der Waals surface area contributed by atoms with Gasteiger partial charge in [-0.15, -0.1) is 0 Å². The summed E-state index contributed by atoms with van der Waals surface area (Å²) >= 11 is 0. The number of aliphatic hydroxyl groups excluding tert-OH is 1. The maximum Gasteiger partial charge on any atom is 0.126 e. The number of aliphatic hydroxyl groups is 1. The number of hydrogen-bond acceptors (Lipinski definition) is 3. The van der Waals surface area contributed by atoms with Gasteiger partial charge in [0.2, 0.25) is 0 Å². The van der Waals surface area contributed by atoms with Crippen molar-refractivity contribution < 1.29 is 5.11 Å². The molecule has 0 amide bonds. The zero-order valence-corrected chi connectivity index (χ0v) is 12.9. The molecule has 0 radical (unpaired) electrons. The van der Waals surface area contributed by atoms with Crippen LogP contribution in [-0.4, -0.2) is 27.3 Å². The van der Waals surface area contributed by atoms with Gasteiger partial charge in [-0.3, -0.25) is 0 Å². The molecular weight excluding hydrogens is 262 g/mol. The van der Waals surface area contributed by atoms with Crippen molar-refractivity contribution in [2.75, 3.05) is 6.54 Å². The Balaban J connectivity index is 1.69. The Bertz CT molecular complexity index is 607. The second-order valence-corrected chi connectivity index (χ2v) is 6.26. The molecule has 2 aromatic rings. The van der Waals surface area contributed by atoms with Crippen LogP contribution in [0.1, 0.15) is 44.5 Å². The number of fused-ring (bicyclic) bond motifs is 1. The Morgan fingerprint density at radius 2 is 2.10 bits per heavy atom. The van der Waals surface area contributed by atoms with Crippen LogP contribution in [0.3, 0.4) is 0 Å². The van der Waals surface area contributed by atoms with Gasteiger partial charge in [-0.05, 0) is 37.8 Å².